The number of carboxylic acids is 1. The van der Waals surface area contributed by atoms with Gasteiger partial charge in [0.2, 0.25) is 5.76 Å². The fourth-order valence-corrected chi connectivity index (χ4v) is 2.42. The van der Waals surface area contributed by atoms with Crippen LogP contribution >= 0.6 is 0 Å². The highest BCUT2D eigenvalue weighted by atomic mass is 16.5. The summed E-state index contributed by atoms with van der Waals surface area (Å²) in [6, 6.07) is 6.66. The lowest BCUT2D eigenvalue weighted by Crippen LogP contribution is -2.28. The molecule has 0 radical (unpaired) electrons. The first-order valence-corrected chi connectivity index (χ1v) is 7.30. The molecule has 1 fully saturated rings. The molecule has 0 bridgehead atoms. The zero-order valence-corrected chi connectivity index (χ0v) is 12.7. The van der Waals surface area contributed by atoms with Crippen LogP contribution in [0.5, 0.6) is 11.5 Å². The van der Waals surface area contributed by atoms with E-state index in [0.717, 1.165) is 19.4 Å². The van der Waals surface area contributed by atoms with Crippen LogP contribution in [0.3, 0.4) is 0 Å². The van der Waals surface area contributed by atoms with Crippen LogP contribution < -0.4 is 9.47 Å². The zero-order valence-electron chi connectivity index (χ0n) is 12.7. The Hall–Kier alpha value is -2.54. The first-order valence-electron chi connectivity index (χ1n) is 7.30. The lowest BCUT2D eigenvalue weighted by atomic mass is 10.1. The molecular weight excluding hydrogens is 302 g/mol. The van der Waals surface area contributed by atoms with Crippen molar-refractivity contribution in [3.63, 3.8) is 0 Å². The number of aromatic carboxylic acids is 1. The summed E-state index contributed by atoms with van der Waals surface area (Å²) in [5.41, 5.74) is 1.11. The van der Waals surface area contributed by atoms with E-state index in [4.69, 9.17) is 23.8 Å². The highest BCUT2D eigenvalue weighted by Gasteiger charge is 2.19. The standard InChI is InChI=1S/C16H17NO6/c1-20-14-7-10(12-8-15(16(18)19)23-17-12)4-5-13(14)22-11-3-2-6-21-9-11/h4-5,7-8,11H,2-3,6,9H2,1H3,(H,18,19). The topological polar surface area (TPSA) is 91.0 Å². The first-order chi connectivity index (χ1) is 11.2. The first kappa shape index (κ1) is 15.4. The molecule has 2 aromatic rings. The molecule has 122 valence electrons. The Labute approximate surface area is 132 Å². The summed E-state index contributed by atoms with van der Waals surface area (Å²) >= 11 is 0. The molecule has 1 atom stereocenters. The van der Waals surface area contributed by atoms with Crippen molar-refractivity contribution in [3.05, 3.63) is 30.0 Å². The van der Waals surface area contributed by atoms with E-state index in [0.29, 0.717) is 29.4 Å². The molecule has 1 unspecified atom stereocenters. The van der Waals surface area contributed by atoms with Gasteiger partial charge in [0, 0.05) is 18.2 Å². The lowest BCUT2D eigenvalue weighted by Gasteiger charge is -2.24. The number of benzene rings is 1. The van der Waals surface area contributed by atoms with Gasteiger partial charge in [-0.05, 0) is 31.0 Å². The van der Waals surface area contributed by atoms with Crippen molar-refractivity contribution in [2.24, 2.45) is 0 Å². The Morgan fingerprint density at radius 3 is 2.87 bits per heavy atom. The largest absolute Gasteiger partial charge is 0.493 e. The molecule has 7 heteroatoms. The van der Waals surface area contributed by atoms with Gasteiger partial charge in [0.05, 0.1) is 13.7 Å². The van der Waals surface area contributed by atoms with E-state index < -0.39 is 5.97 Å². The third-order valence-corrected chi connectivity index (χ3v) is 3.59. The summed E-state index contributed by atoms with van der Waals surface area (Å²) in [4.78, 5) is 10.9. The second-order valence-electron chi connectivity index (χ2n) is 5.20. The fraction of sp³-hybridized carbons (Fsp3) is 0.375. The minimum atomic E-state index is -1.16. The second kappa shape index (κ2) is 6.70. The minimum Gasteiger partial charge on any atom is -0.493 e. The van der Waals surface area contributed by atoms with Gasteiger partial charge in [-0.15, -0.1) is 0 Å². The van der Waals surface area contributed by atoms with Crippen molar-refractivity contribution in [1.29, 1.82) is 0 Å². The SMILES string of the molecule is COc1cc(-c2cc(C(=O)O)on2)ccc1OC1CCCOC1. The molecule has 7 nitrogen and oxygen atoms in total. The van der Waals surface area contributed by atoms with E-state index in [1.165, 1.54) is 6.07 Å². The highest BCUT2D eigenvalue weighted by Crippen LogP contribution is 2.33. The van der Waals surface area contributed by atoms with E-state index in [1.807, 2.05) is 0 Å². The van der Waals surface area contributed by atoms with Gasteiger partial charge in [0.1, 0.15) is 11.8 Å². The molecule has 3 rings (SSSR count). The van der Waals surface area contributed by atoms with Gasteiger partial charge in [0.25, 0.3) is 0 Å². The zero-order chi connectivity index (χ0) is 16.2. The van der Waals surface area contributed by atoms with Crippen LogP contribution in [0.2, 0.25) is 0 Å². The Balaban J connectivity index is 1.82. The van der Waals surface area contributed by atoms with Gasteiger partial charge >= 0.3 is 5.97 Å². The molecular formula is C16H17NO6. The van der Waals surface area contributed by atoms with Crippen LogP contribution in [-0.2, 0) is 4.74 Å². The molecule has 1 aliphatic rings. The van der Waals surface area contributed by atoms with Gasteiger partial charge in [-0.3, -0.25) is 0 Å². The van der Waals surface area contributed by atoms with Gasteiger partial charge in [-0.1, -0.05) is 5.16 Å². The summed E-state index contributed by atoms with van der Waals surface area (Å²) in [7, 11) is 1.55. The van der Waals surface area contributed by atoms with Crippen LogP contribution in [0.1, 0.15) is 23.4 Å². The van der Waals surface area contributed by atoms with Crippen molar-refractivity contribution >= 4 is 5.97 Å². The molecule has 1 aromatic heterocycles. The minimum absolute atomic E-state index is 0.00848. The van der Waals surface area contributed by atoms with E-state index in [1.54, 1.807) is 25.3 Å². The third kappa shape index (κ3) is 3.45. The van der Waals surface area contributed by atoms with Crippen molar-refractivity contribution in [2.45, 2.75) is 18.9 Å². The number of ether oxygens (including phenoxy) is 3. The van der Waals surface area contributed by atoms with Crippen LogP contribution in [0.4, 0.5) is 0 Å². The predicted octanol–water partition coefficient (Wildman–Crippen LogP) is 2.61. The third-order valence-electron chi connectivity index (χ3n) is 3.59. The summed E-state index contributed by atoms with van der Waals surface area (Å²) in [5, 5.41) is 12.6. The monoisotopic (exact) mass is 319 g/mol. The van der Waals surface area contributed by atoms with Crippen molar-refractivity contribution in [1.82, 2.24) is 5.16 Å². The molecule has 1 saturated heterocycles. The van der Waals surface area contributed by atoms with E-state index in [2.05, 4.69) is 5.16 Å². The van der Waals surface area contributed by atoms with Crippen LogP contribution in [-0.4, -0.2) is 42.7 Å². The number of carboxylic acid groups (broad SMARTS) is 1. The van der Waals surface area contributed by atoms with E-state index in [-0.39, 0.29) is 11.9 Å². The fourth-order valence-electron chi connectivity index (χ4n) is 2.42. The molecule has 0 aliphatic carbocycles. The average Bonchev–Trinajstić information content (AvgIpc) is 3.06. The Morgan fingerprint density at radius 1 is 1.35 bits per heavy atom. The molecule has 1 aromatic carbocycles. The van der Waals surface area contributed by atoms with Crippen molar-refractivity contribution in [3.8, 4) is 22.8 Å². The van der Waals surface area contributed by atoms with E-state index >= 15 is 0 Å². The Bertz CT molecular complexity index is 690. The van der Waals surface area contributed by atoms with Crippen LogP contribution in [0, 0.1) is 0 Å². The van der Waals surface area contributed by atoms with Gasteiger partial charge in [-0.25, -0.2) is 4.79 Å². The molecule has 2 heterocycles. The number of aromatic nitrogens is 1. The number of hydrogen-bond acceptors (Lipinski definition) is 6. The van der Waals surface area contributed by atoms with E-state index in [9.17, 15) is 4.79 Å². The maximum atomic E-state index is 10.9. The Kier molecular flexibility index (Phi) is 4.47. The summed E-state index contributed by atoms with van der Waals surface area (Å²) in [6.45, 7) is 1.34. The number of rotatable bonds is 5. The smallest absolute Gasteiger partial charge is 0.374 e. The molecule has 0 spiro atoms. The van der Waals surface area contributed by atoms with Gasteiger partial charge in [-0.2, -0.15) is 0 Å². The predicted molar refractivity (Wildman–Crippen MR) is 79.9 cm³/mol. The number of hydrogen-bond donors (Lipinski definition) is 1. The van der Waals surface area contributed by atoms with Crippen LogP contribution in [0.15, 0.2) is 28.8 Å². The lowest BCUT2D eigenvalue weighted by molar-refractivity contribution is 0.00645. The van der Waals surface area contributed by atoms with Gasteiger partial charge < -0.3 is 23.8 Å². The maximum absolute atomic E-state index is 10.9. The molecule has 1 aliphatic heterocycles. The Morgan fingerprint density at radius 2 is 2.22 bits per heavy atom. The number of nitrogens with zero attached hydrogens (tertiary/aromatic N) is 1. The maximum Gasteiger partial charge on any atom is 0.374 e. The van der Waals surface area contributed by atoms with Crippen LogP contribution in [0.25, 0.3) is 11.3 Å². The molecule has 1 N–H and O–H groups in total. The number of carbonyl (C=O) groups is 1. The molecule has 23 heavy (non-hydrogen) atoms. The molecule has 0 saturated carbocycles. The average molecular weight is 319 g/mol. The highest BCUT2D eigenvalue weighted by molar-refractivity contribution is 5.85. The number of methoxy groups -OCH3 is 1. The van der Waals surface area contributed by atoms with Gasteiger partial charge in [0.15, 0.2) is 11.5 Å². The summed E-state index contributed by atoms with van der Waals surface area (Å²) in [6.07, 6.45) is 1.92. The second-order valence-corrected chi connectivity index (χ2v) is 5.20. The summed E-state index contributed by atoms with van der Waals surface area (Å²) in [5.74, 6) is -0.201. The quantitative estimate of drug-likeness (QED) is 0.905. The normalized spacial score (nSPS) is 17.7. The van der Waals surface area contributed by atoms with Crippen molar-refractivity contribution < 1.29 is 28.6 Å². The van der Waals surface area contributed by atoms with Crippen molar-refractivity contribution in [2.75, 3.05) is 20.3 Å². The molecule has 0 amide bonds. The summed E-state index contributed by atoms with van der Waals surface area (Å²) < 4.78 is 21.5.